The van der Waals surface area contributed by atoms with Crippen molar-refractivity contribution in [3.05, 3.63) is 18.2 Å². The maximum atomic E-state index is 5.58. The Labute approximate surface area is 73.4 Å². The minimum Gasteiger partial charge on any atom is -0.355 e. The molecule has 0 spiro atoms. The Balaban J connectivity index is 2.49. The fourth-order valence-electron chi connectivity index (χ4n) is 0.803. The molecule has 0 amide bonds. The van der Waals surface area contributed by atoms with Crippen LogP contribution in [-0.2, 0) is 11.5 Å². The molecule has 1 rings (SSSR count). The van der Waals surface area contributed by atoms with Gasteiger partial charge in [0.25, 0.3) is 0 Å². The van der Waals surface area contributed by atoms with E-state index in [0.717, 1.165) is 5.82 Å². The number of aryl methyl sites for hydroxylation is 1. The molecule has 0 aliphatic heterocycles. The molecule has 0 radical (unpaired) electrons. The highest BCUT2D eigenvalue weighted by atomic mass is 16.5. The molecule has 1 heterocycles. The number of hydrogen-bond donors (Lipinski definition) is 0. The lowest BCUT2D eigenvalue weighted by molar-refractivity contribution is -0.0439. The monoisotopic (exact) mass is 168 g/mol. The van der Waals surface area contributed by atoms with Crippen molar-refractivity contribution in [2.75, 3.05) is 0 Å². The lowest BCUT2D eigenvalue weighted by Gasteiger charge is -2.20. The van der Waals surface area contributed by atoms with Gasteiger partial charge in [0.05, 0.1) is 5.60 Å². The first-order valence-electron chi connectivity index (χ1n) is 4.11. The number of ether oxygens (including phenoxy) is 1. The number of nitrogens with zero attached hydrogens (tertiary/aromatic N) is 2. The van der Waals surface area contributed by atoms with Crippen molar-refractivity contribution >= 4 is 0 Å². The third kappa shape index (κ3) is 2.66. The SMILES string of the molecule is Cc1nccn1COC(C)(C)C. The van der Waals surface area contributed by atoms with Crippen molar-refractivity contribution < 1.29 is 4.74 Å². The number of rotatable bonds is 2. The highest BCUT2D eigenvalue weighted by molar-refractivity contribution is 4.87. The Morgan fingerprint density at radius 1 is 1.50 bits per heavy atom. The predicted octanol–water partition coefficient (Wildman–Crippen LogP) is 1.96. The Morgan fingerprint density at radius 2 is 2.17 bits per heavy atom. The van der Waals surface area contributed by atoms with Crippen molar-refractivity contribution in [3.8, 4) is 0 Å². The molecule has 12 heavy (non-hydrogen) atoms. The molecule has 3 heteroatoms. The first kappa shape index (κ1) is 9.26. The third-order valence-electron chi connectivity index (χ3n) is 1.56. The summed E-state index contributed by atoms with van der Waals surface area (Å²) in [5.74, 6) is 0.985. The number of aromatic nitrogens is 2. The maximum Gasteiger partial charge on any atom is 0.124 e. The molecule has 1 aromatic heterocycles. The zero-order valence-corrected chi connectivity index (χ0v) is 8.16. The average molecular weight is 168 g/mol. The summed E-state index contributed by atoms with van der Waals surface area (Å²) in [7, 11) is 0. The maximum absolute atomic E-state index is 5.58. The molecule has 0 fully saturated rings. The van der Waals surface area contributed by atoms with Gasteiger partial charge in [-0.25, -0.2) is 4.98 Å². The van der Waals surface area contributed by atoms with Crippen LogP contribution < -0.4 is 0 Å². The smallest absolute Gasteiger partial charge is 0.124 e. The molecule has 0 aliphatic rings. The highest BCUT2D eigenvalue weighted by Crippen LogP contribution is 2.08. The summed E-state index contributed by atoms with van der Waals surface area (Å²) >= 11 is 0. The Hall–Kier alpha value is -0.830. The van der Waals surface area contributed by atoms with Gasteiger partial charge in [-0.05, 0) is 27.7 Å². The van der Waals surface area contributed by atoms with Crippen LogP contribution >= 0.6 is 0 Å². The van der Waals surface area contributed by atoms with Gasteiger partial charge in [-0.15, -0.1) is 0 Å². The zero-order valence-electron chi connectivity index (χ0n) is 8.16. The quantitative estimate of drug-likeness (QED) is 0.675. The Bertz CT molecular complexity index is 247. The molecule has 0 N–H and O–H groups in total. The Kier molecular flexibility index (Phi) is 2.52. The normalized spacial score (nSPS) is 12.0. The van der Waals surface area contributed by atoms with Crippen LogP contribution in [0.3, 0.4) is 0 Å². The van der Waals surface area contributed by atoms with E-state index in [9.17, 15) is 0 Å². The van der Waals surface area contributed by atoms with Gasteiger partial charge in [0.2, 0.25) is 0 Å². The lowest BCUT2D eigenvalue weighted by atomic mass is 10.2. The van der Waals surface area contributed by atoms with E-state index in [1.807, 2.05) is 38.5 Å². The molecule has 68 valence electrons. The van der Waals surface area contributed by atoms with Gasteiger partial charge in [-0.1, -0.05) is 0 Å². The van der Waals surface area contributed by atoms with E-state index in [4.69, 9.17) is 4.74 Å². The first-order valence-corrected chi connectivity index (χ1v) is 4.11. The molecule has 0 saturated heterocycles. The van der Waals surface area contributed by atoms with Crippen LogP contribution in [0.15, 0.2) is 12.4 Å². The summed E-state index contributed by atoms with van der Waals surface area (Å²) in [6.45, 7) is 8.67. The van der Waals surface area contributed by atoms with Crippen molar-refractivity contribution in [2.45, 2.75) is 40.0 Å². The van der Waals surface area contributed by atoms with Crippen LogP contribution in [-0.4, -0.2) is 15.2 Å². The molecule has 0 saturated carbocycles. The van der Waals surface area contributed by atoms with Crippen molar-refractivity contribution in [3.63, 3.8) is 0 Å². The van der Waals surface area contributed by atoms with Gasteiger partial charge in [0, 0.05) is 12.4 Å². The van der Waals surface area contributed by atoms with Crippen LogP contribution in [0.2, 0.25) is 0 Å². The van der Waals surface area contributed by atoms with Gasteiger partial charge >= 0.3 is 0 Å². The number of hydrogen-bond acceptors (Lipinski definition) is 2. The summed E-state index contributed by atoms with van der Waals surface area (Å²) in [5, 5.41) is 0. The highest BCUT2D eigenvalue weighted by Gasteiger charge is 2.10. The van der Waals surface area contributed by atoms with E-state index in [1.165, 1.54) is 0 Å². The van der Waals surface area contributed by atoms with E-state index >= 15 is 0 Å². The molecule has 0 unspecified atom stereocenters. The molecule has 0 atom stereocenters. The summed E-state index contributed by atoms with van der Waals surface area (Å²) in [5.41, 5.74) is -0.0866. The lowest BCUT2D eigenvalue weighted by Crippen LogP contribution is -2.21. The average Bonchev–Trinajstić information content (AvgIpc) is 2.29. The molecule has 3 nitrogen and oxygen atoms in total. The number of imidazole rings is 1. The van der Waals surface area contributed by atoms with Gasteiger partial charge in [-0.2, -0.15) is 0 Å². The van der Waals surface area contributed by atoms with E-state index in [2.05, 4.69) is 4.98 Å². The predicted molar refractivity (Wildman–Crippen MR) is 47.8 cm³/mol. The summed E-state index contributed by atoms with van der Waals surface area (Å²) in [6, 6.07) is 0. The first-order chi connectivity index (χ1) is 5.49. The molecular formula is C9H16N2O. The van der Waals surface area contributed by atoms with Crippen LogP contribution in [0.1, 0.15) is 26.6 Å². The van der Waals surface area contributed by atoms with Gasteiger partial charge in [0.1, 0.15) is 12.6 Å². The second kappa shape index (κ2) is 3.27. The van der Waals surface area contributed by atoms with Crippen molar-refractivity contribution in [1.29, 1.82) is 0 Å². The summed E-state index contributed by atoms with van der Waals surface area (Å²) in [6.07, 6.45) is 3.70. The van der Waals surface area contributed by atoms with Gasteiger partial charge in [-0.3, -0.25) is 0 Å². The topological polar surface area (TPSA) is 27.1 Å². The van der Waals surface area contributed by atoms with Crippen molar-refractivity contribution in [2.24, 2.45) is 0 Å². The molecule has 1 aromatic rings. The molecule has 0 aromatic carbocycles. The van der Waals surface area contributed by atoms with E-state index in [1.54, 1.807) is 6.20 Å². The summed E-state index contributed by atoms with van der Waals surface area (Å²) < 4.78 is 7.55. The third-order valence-corrected chi connectivity index (χ3v) is 1.56. The zero-order chi connectivity index (χ0) is 9.19. The van der Waals surface area contributed by atoms with E-state index in [0.29, 0.717) is 6.73 Å². The standard InChI is InChI=1S/C9H16N2O/c1-8-10-5-6-11(8)7-12-9(2,3)4/h5-6H,7H2,1-4H3. The van der Waals surface area contributed by atoms with Crippen LogP contribution in [0, 0.1) is 6.92 Å². The van der Waals surface area contributed by atoms with Crippen LogP contribution in [0.4, 0.5) is 0 Å². The molecule has 0 aliphatic carbocycles. The van der Waals surface area contributed by atoms with Gasteiger partial charge < -0.3 is 9.30 Å². The van der Waals surface area contributed by atoms with Gasteiger partial charge in [0.15, 0.2) is 0 Å². The Morgan fingerprint density at radius 3 is 2.58 bits per heavy atom. The van der Waals surface area contributed by atoms with E-state index in [-0.39, 0.29) is 5.60 Å². The van der Waals surface area contributed by atoms with Crippen LogP contribution in [0.25, 0.3) is 0 Å². The summed E-state index contributed by atoms with van der Waals surface area (Å²) in [4.78, 5) is 4.10. The molecule has 0 bridgehead atoms. The van der Waals surface area contributed by atoms with E-state index < -0.39 is 0 Å². The minimum atomic E-state index is -0.0866. The minimum absolute atomic E-state index is 0.0866. The second-order valence-electron chi connectivity index (χ2n) is 3.83. The largest absolute Gasteiger partial charge is 0.355 e. The fourth-order valence-corrected chi connectivity index (χ4v) is 0.803. The molecular weight excluding hydrogens is 152 g/mol. The van der Waals surface area contributed by atoms with Crippen LogP contribution in [0.5, 0.6) is 0 Å². The fraction of sp³-hybridized carbons (Fsp3) is 0.667. The van der Waals surface area contributed by atoms with Crippen molar-refractivity contribution in [1.82, 2.24) is 9.55 Å². The second-order valence-corrected chi connectivity index (χ2v) is 3.83.